The molecule has 0 aliphatic carbocycles. The van der Waals surface area contributed by atoms with Crippen molar-refractivity contribution < 1.29 is 23.9 Å². The summed E-state index contributed by atoms with van der Waals surface area (Å²) in [6, 6.07) is 16.1. The summed E-state index contributed by atoms with van der Waals surface area (Å²) < 4.78 is 10.5. The number of halogens is 1. The molecule has 0 radical (unpaired) electrons. The van der Waals surface area contributed by atoms with Crippen LogP contribution in [0.2, 0.25) is 5.02 Å². The van der Waals surface area contributed by atoms with Crippen molar-refractivity contribution in [2.75, 3.05) is 13.2 Å². The molecule has 0 saturated carbocycles. The number of rotatable bonds is 8. The molecular weight excluding hydrogens is 500 g/mol. The standard InChI is InChI=1S/C25H25ClN6O5/c1-3-36-23(34)15-27-25(35)32(16-18-6-8-19(26)9-7-18)24(29-17(2)33)30-20-10-12-21(13-11-20)37-22-5-4-14-28-31-22/h4-14H,3,15-16H2,1-2H3,(H,27,35)(H,29,30,33). The van der Waals surface area contributed by atoms with E-state index in [0.717, 1.165) is 0 Å². The van der Waals surface area contributed by atoms with Crippen LogP contribution in [0.3, 0.4) is 0 Å². The Morgan fingerprint density at radius 3 is 2.41 bits per heavy atom. The zero-order valence-electron chi connectivity index (χ0n) is 20.2. The maximum Gasteiger partial charge on any atom is 0.325 e. The van der Waals surface area contributed by atoms with Crippen LogP contribution < -0.4 is 15.4 Å². The van der Waals surface area contributed by atoms with Crippen molar-refractivity contribution in [1.82, 2.24) is 25.7 Å². The quantitative estimate of drug-likeness (QED) is 0.260. The van der Waals surface area contributed by atoms with E-state index in [-0.39, 0.29) is 25.7 Å². The average Bonchev–Trinajstić information content (AvgIpc) is 2.88. The van der Waals surface area contributed by atoms with E-state index in [2.05, 4.69) is 25.8 Å². The van der Waals surface area contributed by atoms with Crippen molar-refractivity contribution in [3.8, 4) is 11.6 Å². The van der Waals surface area contributed by atoms with Crippen LogP contribution in [0, 0.1) is 0 Å². The highest BCUT2D eigenvalue weighted by atomic mass is 35.5. The number of esters is 1. The number of carbonyl (C=O) groups is 3. The first-order chi connectivity index (χ1) is 17.8. The Balaban J connectivity index is 1.88. The van der Waals surface area contributed by atoms with Gasteiger partial charge in [-0.25, -0.2) is 9.79 Å². The largest absolute Gasteiger partial charge is 0.465 e. The Labute approximate surface area is 218 Å². The third-order valence-corrected chi connectivity index (χ3v) is 4.83. The number of urea groups is 1. The van der Waals surface area contributed by atoms with Gasteiger partial charge in [0.25, 0.3) is 0 Å². The monoisotopic (exact) mass is 524 g/mol. The molecule has 12 heteroatoms. The molecule has 192 valence electrons. The summed E-state index contributed by atoms with van der Waals surface area (Å²) in [6.07, 6.45) is 1.53. The number of ether oxygens (including phenoxy) is 2. The zero-order valence-corrected chi connectivity index (χ0v) is 20.9. The van der Waals surface area contributed by atoms with Crippen LogP contribution in [0.4, 0.5) is 10.5 Å². The minimum atomic E-state index is -0.668. The van der Waals surface area contributed by atoms with Crippen LogP contribution in [-0.2, 0) is 20.9 Å². The summed E-state index contributed by atoms with van der Waals surface area (Å²) in [5, 5.41) is 13.2. The van der Waals surface area contributed by atoms with Crippen molar-refractivity contribution >= 4 is 41.2 Å². The molecule has 0 aliphatic heterocycles. The van der Waals surface area contributed by atoms with E-state index in [1.54, 1.807) is 67.6 Å². The van der Waals surface area contributed by atoms with Crippen LogP contribution in [0.15, 0.2) is 71.9 Å². The van der Waals surface area contributed by atoms with Gasteiger partial charge in [-0.2, -0.15) is 5.10 Å². The number of hydrogen-bond acceptors (Lipinski definition) is 8. The first-order valence-electron chi connectivity index (χ1n) is 11.2. The lowest BCUT2D eigenvalue weighted by molar-refractivity contribution is -0.141. The Morgan fingerprint density at radius 2 is 1.78 bits per heavy atom. The number of guanidine groups is 1. The zero-order chi connectivity index (χ0) is 26.6. The number of aromatic nitrogens is 2. The molecule has 2 N–H and O–H groups in total. The van der Waals surface area contributed by atoms with E-state index in [9.17, 15) is 14.4 Å². The number of hydrogen-bond donors (Lipinski definition) is 2. The van der Waals surface area contributed by atoms with Crippen LogP contribution in [0.5, 0.6) is 11.6 Å². The normalized spacial score (nSPS) is 10.8. The predicted octanol–water partition coefficient (Wildman–Crippen LogP) is 3.82. The van der Waals surface area contributed by atoms with Gasteiger partial charge in [-0.1, -0.05) is 23.7 Å². The Bertz CT molecular complexity index is 1240. The predicted molar refractivity (Wildman–Crippen MR) is 136 cm³/mol. The van der Waals surface area contributed by atoms with Gasteiger partial charge >= 0.3 is 12.0 Å². The van der Waals surface area contributed by atoms with E-state index < -0.39 is 17.9 Å². The van der Waals surface area contributed by atoms with Gasteiger partial charge in [0, 0.05) is 24.2 Å². The maximum absolute atomic E-state index is 13.1. The Kier molecular flexibility index (Phi) is 9.91. The second-order valence-corrected chi connectivity index (χ2v) is 7.89. The van der Waals surface area contributed by atoms with Gasteiger partial charge in [0.05, 0.1) is 18.8 Å². The molecule has 3 rings (SSSR count). The molecule has 1 aromatic heterocycles. The van der Waals surface area contributed by atoms with Crippen molar-refractivity contribution in [3.05, 3.63) is 77.4 Å². The highest BCUT2D eigenvalue weighted by molar-refractivity contribution is 6.30. The van der Waals surface area contributed by atoms with E-state index in [1.165, 1.54) is 18.0 Å². The van der Waals surface area contributed by atoms with Gasteiger partial charge in [-0.15, -0.1) is 5.10 Å². The van der Waals surface area contributed by atoms with Crippen molar-refractivity contribution in [2.24, 2.45) is 4.99 Å². The molecule has 0 fully saturated rings. The summed E-state index contributed by atoms with van der Waals surface area (Å²) in [6.45, 7) is 2.81. The van der Waals surface area contributed by atoms with Gasteiger partial charge in [-0.3, -0.25) is 19.8 Å². The first kappa shape index (κ1) is 27.1. The molecule has 2 aromatic carbocycles. The fourth-order valence-corrected chi connectivity index (χ4v) is 3.08. The van der Waals surface area contributed by atoms with Gasteiger partial charge in [0.15, 0.2) is 0 Å². The van der Waals surface area contributed by atoms with Crippen LogP contribution in [0.25, 0.3) is 0 Å². The second-order valence-electron chi connectivity index (χ2n) is 7.45. The molecule has 0 unspecified atom stereocenters. The van der Waals surface area contributed by atoms with Crippen LogP contribution in [-0.4, -0.2) is 52.1 Å². The lowest BCUT2D eigenvalue weighted by atomic mass is 10.2. The summed E-state index contributed by atoms with van der Waals surface area (Å²) in [5.41, 5.74) is 1.14. The number of nitrogens with zero attached hydrogens (tertiary/aromatic N) is 4. The fourth-order valence-electron chi connectivity index (χ4n) is 2.96. The number of amides is 3. The minimum Gasteiger partial charge on any atom is -0.465 e. The first-order valence-corrected chi connectivity index (χ1v) is 11.6. The molecule has 1 heterocycles. The third kappa shape index (κ3) is 8.89. The fraction of sp³-hybridized carbons (Fsp3) is 0.200. The molecular formula is C25H25ClN6O5. The summed E-state index contributed by atoms with van der Waals surface area (Å²) in [7, 11) is 0. The molecule has 3 aromatic rings. The van der Waals surface area contributed by atoms with Crippen LogP contribution >= 0.6 is 11.6 Å². The Hall–Kier alpha value is -4.51. The van der Waals surface area contributed by atoms with E-state index in [4.69, 9.17) is 21.1 Å². The minimum absolute atomic E-state index is 0.0266. The van der Waals surface area contributed by atoms with Crippen molar-refractivity contribution in [2.45, 2.75) is 20.4 Å². The van der Waals surface area contributed by atoms with Crippen LogP contribution in [0.1, 0.15) is 19.4 Å². The van der Waals surface area contributed by atoms with Gasteiger partial charge in [0.2, 0.25) is 17.7 Å². The lowest BCUT2D eigenvalue weighted by Crippen LogP contribution is -2.50. The second kappa shape index (κ2) is 13.5. The van der Waals surface area contributed by atoms with Gasteiger partial charge in [0.1, 0.15) is 12.3 Å². The summed E-state index contributed by atoms with van der Waals surface area (Å²) in [5.74, 6) is -0.276. The summed E-state index contributed by atoms with van der Waals surface area (Å²) in [4.78, 5) is 42.6. The van der Waals surface area contributed by atoms with Gasteiger partial charge < -0.3 is 14.8 Å². The number of nitrogens with one attached hydrogen (secondary N) is 2. The smallest absolute Gasteiger partial charge is 0.325 e. The molecule has 0 bridgehead atoms. The highest BCUT2D eigenvalue weighted by Crippen LogP contribution is 2.23. The molecule has 0 atom stereocenters. The molecule has 0 saturated heterocycles. The summed E-state index contributed by atoms with van der Waals surface area (Å²) >= 11 is 5.98. The molecule has 0 spiro atoms. The third-order valence-electron chi connectivity index (χ3n) is 4.57. The maximum atomic E-state index is 13.1. The van der Waals surface area contributed by atoms with Gasteiger partial charge in [-0.05, 0) is 55.0 Å². The average molecular weight is 525 g/mol. The number of carbonyl (C=O) groups excluding carboxylic acids is 3. The highest BCUT2D eigenvalue weighted by Gasteiger charge is 2.22. The van der Waals surface area contributed by atoms with E-state index in [1.807, 2.05) is 0 Å². The van der Waals surface area contributed by atoms with Crippen molar-refractivity contribution in [1.29, 1.82) is 0 Å². The molecule has 11 nitrogen and oxygen atoms in total. The number of benzene rings is 2. The van der Waals surface area contributed by atoms with E-state index in [0.29, 0.717) is 27.9 Å². The molecule has 0 aliphatic rings. The SMILES string of the molecule is CCOC(=O)CNC(=O)N(Cc1ccc(Cl)cc1)C(=Nc1ccc(Oc2cccnn2)cc1)NC(C)=O. The number of aliphatic imine (C=N–C) groups is 1. The van der Waals surface area contributed by atoms with E-state index >= 15 is 0 Å². The molecule has 3 amide bonds. The van der Waals surface area contributed by atoms with Crippen molar-refractivity contribution in [3.63, 3.8) is 0 Å². The topological polar surface area (TPSA) is 135 Å². The lowest BCUT2D eigenvalue weighted by Gasteiger charge is -2.24. The Morgan fingerprint density at radius 1 is 1.05 bits per heavy atom. The molecule has 37 heavy (non-hydrogen) atoms.